The van der Waals surface area contributed by atoms with Crippen LogP contribution in [0.3, 0.4) is 0 Å². The van der Waals surface area contributed by atoms with Crippen molar-refractivity contribution in [3.8, 4) is 11.5 Å². The molecule has 128 valence electrons. The van der Waals surface area contributed by atoms with Crippen molar-refractivity contribution in [2.45, 2.75) is 19.2 Å². The second kappa shape index (κ2) is 7.25. The minimum atomic E-state index is -4.55. The second-order valence-electron chi connectivity index (χ2n) is 4.97. The Bertz CT molecular complexity index is 716. The molecule has 0 saturated carbocycles. The maximum absolute atomic E-state index is 12.9. The SMILES string of the molecule is COc1cccc(O[C@H](C)C(=O)Nc2ccccc2C(F)(F)F)c1. The normalized spacial score (nSPS) is 12.4. The van der Waals surface area contributed by atoms with Crippen LogP contribution in [-0.2, 0) is 11.0 Å². The summed E-state index contributed by atoms with van der Waals surface area (Å²) in [5, 5.41) is 2.25. The van der Waals surface area contributed by atoms with Crippen LogP contribution in [0.1, 0.15) is 12.5 Å². The Morgan fingerprint density at radius 1 is 1.08 bits per heavy atom. The highest BCUT2D eigenvalue weighted by molar-refractivity contribution is 5.94. The molecule has 2 aromatic rings. The summed E-state index contributed by atoms with van der Waals surface area (Å²) in [5.41, 5.74) is -1.22. The van der Waals surface area contributed by atoms with Crippen LogP contribution in [0.15, 0.2) is 48.5 Å². The topological polar surface area (TPSA) is 47.6 Å². The van der Waals surface area contributed by atoms with Gasteiger partial charge in [-0.25, -0.2) is 0 Å². The fraction of sp³-hybridized carbons (Fsp3) is 0.235. The maximum atomic E-state index is 12.9. The van der Waals surface area contributed by atoms with Crippen LogP contribution in [0.25, 0.3) is 0 Å². The quantitative estimate of drug-likeness (QED) is 0.891. The predicted octanol–water partition coefficient (Wildman–Crippen LogP) is 4.12. The second-order valence-corrected chi connectivity index (χ2v) is 4.97. The molecule has 0 aliphatic carbocycles. The Hall–Kier alpha value is -2.70. The van der Waals surface area contributed by atoms with E-state index in [9.17, 15) is 18.0 Å². The summed E-state index contributed by atoms with van der Waals surface area (Å²) in [5.74, 6) is 0.234. The van der Waals surface area contributed by atoms with Crippen molar-refractivity contribution in [2.24, 2.45) is 0 Å². The molecule has 0 aliphatic heterocycles. The average molecular weight is 339 g/mol. The molecule has 0 radical (unpaired) electrons. The maximum Gasteiger partial charge on any atom is 0.418 e. The monoisotopic (exact) mass is 339 g/mol. The number of halogens is 3. The predicted molar refractivity (Wildman–Crippen MR) is 83.2 cm³/mol. The van der Waals surface area contributed by atoms with E-state index >= 15 is 0 Å². The molecule has 24 heavy (non-hydrogen) atoms. The van der Waals surface area contributed by atoms with E-state index in [1.807, 2.05) is 0 Å². The van der Waals surface area contributed by atoms with Crippen molar-refractivity contribution in [3.63, 3.8) is 0 Å². The minimum Gasteiger partial charge on any atom is -0.497 e. The Kier molecular flexibility index (Phi) is 5.33. The highest BCUT2D eigenvalue weighted by Gasteiger charge is 2.34. The molecule has 1 amide bonds. The third-order valence-corrected chi connectivity index (χ3v) is 3.21. The van der Waals surface area contributed by atoms with Crippen LogP contribution in [0.4, 0.5) is 18.9 Å². The van der Waals surface area contributed by atoms with E-state index < -0.39 is 23.8 Å². The molecule has 1 atom stereocenters. The van der Waals surface area contributed by atoms with Gasteiger partial charge < -0.3 is 14.8 Å². The van der Waals surface area contributed by atoms with E-state index in [1.54, 1.807) is 24.3 Å². The van der Waals surface area contributed by atoms with Crippen molar-refractivity contribution in [1.29, 1.82) is 0 Å². The number of ether oxygens (including phenoxy) is 2. The largest absolute Gasteiger partial charge is 0.497 e. The van der Waals surface area contributed by atoms with Gasteiger partial charge in [0.2, 0.25) is 0 Å². The van der Waals surface area contributed by atoms with Gasteiger partial charge in [-0.3, -0.25) is 4.79 Å². The highest BCUT2D eigenvalue weighted by atomic mass is 19.4. The third kappa shape index (κ3) is 4.41. The molecule has 0 heterocycles. The lowest BCUT2D eigenvalue weighted by molar-refractivity contribution is -0.137. The lowest BCUT2D eigenvalue weighted by Crippen LogP contribution is -2.31. The first kappa shape index (κ1) is 17.7. The van der Waals surface area contributed by atoms with Crippen molar-refractivity contribution in [1.82, 2.24) is 0 Å². The molecule has 0 bridgehead atoms. The Morgan fingerprint density at radius 3 is 2.42 bits per heavy atom. The zero-order chi connectivity index (χ0) is 17.7. The molecule has 1 N–H and O–H groups in total. The number of carbonyl (C=O) groups is 1. The summed E-state index contributed by atoms with van der Waals surface area (Å²) in [6.07, 6.45) is -5.54. The number of carbonyl (C=O) groups excluding carboxylic acids is 1. The fourth-order valence-corrected chi connectivity index (χ4v) is 2.01. The number of anilines is 1. The zero-order valence-corrected chi connectivity index (χ0v) is 13.1. The van der Waals surface area contributed by atoms with Gasteiger partial charge in [0.25, 0.3) is 5.91 Å². The van der Waals surface area contributed by atoms with Crippen LogP contribution in [0, 0.1) is 0 Å². The average Bonchev–Trinajstić information content (AvgIpc) is 2.54. The van der Waals surface area contributed by atoms with Crippen LogP contribution in [0.5, 0.6) is 11.5 Å². The summed E-state index contributed by atoms with van der Waals surface area (Å²) in [6, 6.07) is 11.4. The molecular formula is C17H16F3NO3. The van der Waals surface area contributed by atoms with Crippen molar-refractivity contribution in [3.05, 3.63) is 54.1 Å². The molecule has 4 nitrogen and oxygen atoms in total. The Labute approximate surface area is 137 Å². The van der Waals surface area contributed by atoms with Gasteiger partial charge in [0.05, 0.1) is 18.4 Å². The van der Waals surface area contributed by atoms with Gasteiger partial charge in [-0.05, 0) is 31.2 Å². The lowest BCUT2D eigenvalue weighted by Gasteiger charge is -2.17. The summed E-state index contributed by atoms with van der Waals surface area (Å²) >= 11 is 0. The number of alkyl halides is 3. The van der Waals surface area contributed by atoms with Gasteiger partial charge in [0.1, 0.15) is 11.5 Å². The van der Waals surface area contributed by atoms with Crippen LogP contribution >= 0.6 is 0 Å². The zero-order valence-electron chi connectivity index (χ0n) is 13.1. The first-order valence-corrected chi connectivity index (χ1v) is 7.09. The van der Waals surface area contributed by atoms with Crippen LogP contribution in [0.2, 0.25) is 0 Å². The standard InChI is InChI=1S/C17H16F3NO3/c1-11(24-13-7-5-6-12(10-13)23-2)16(22)21-15-9-4-3-8-14(15)17(18,19)20/h3-11H,1-2H3,(H,21,22)/t11-/m1/s1. The summed E-state index contributed by atoms with van der Waals surface area (Å²) in [7, 11) is 1.49. The number of hydrogen-bond acceptors (Lipinski definition) is 3. The van der Waals surface area contributed by atoms with Crippen molar-refractivity contribution < 1.29 is 27.4 Å². The lowest BCUT2D eigenvalue weighted by atomic mass is 10.1. The Morgan fingerprint density at radius 2 is 1.75 bits per heavy atom. The minimum absolute atomic E-state index is 0.309. The van der Waals surface area contributed by atoms with Gasteiger partial charge in [0.15, 0.2) is 6.10 Å². The Balaban J connectivity index is 2.09. The van der Waals surface area contributed by atoms with Crippen molar-refractivity contribution in [2.75, 3.05) is 12.4 Å². The van der Waals surface area contributed by atoms with Crippen LogP contribution in [-0.4, -0.2) is 19.1 Å². The summed E-state index contributed by atoms with van der Waals surface area (Å²) in [4.78, 5) is 12.1. The summed E-state index contributed by atoms with van der Waals surface area (Å²) in [6.45, 7) is 1.45. The van der Waals surface area contributed by atoms with Gasteiger partial charge in [-0.2, -0.15) is 13.2 Å². The van der Waals surface area contributed by atoms with Gasteiger partial charge in [-0.1, -0.05) is 18.2 Å². The van der Waals surface area contributed by atoms with Gasteiger partial charge in [-0.15, -0.1) is 0 Å². The molecule has 0 spiro atoms. The van der Waals surface area contributed by atoms with E-state index in [2.05, 4.69) is 5.32 Å². The number of benzene rings is 2. The molecular weight excluding hydrogens is 323 g/mol. The van der Waals surface area contributed by atoms with E-state index in [0.717, 1.165) is 6.07 Å². The number of rotatable bonds is 5. The van der Waals surface area contributed by atoms with Crippen molar-refractivity contribution >= 4 is 11.6 Å². The number of hydrogen-bond donors (Lipinski definition) is 1. The third-order valence-electron chi connectivity index (χ3n) is 3.21. The van der Waals surface area contributed by atoms with Gasteiger partial charge in [0, 0.05) is 6.07 Å². The van der Waals surface area contributed by atoms with E-state index in [-0.39, 0.29) is 5.69 Å². The fourth-order valence-electron chi connectivity index (χ4n) is 2.01. The highest BCUT2D eigenvalue weighted by Crippen LogP contribution is 2.34. The number of nitrogens with one attached hydrogen (secondary N) is 1. The van der Waals surface area contributed by atoms with E-state index in [0.29, 0.717) is 11.5 Å². The molecule has 0 fully saturated rings. The van der Waals surface area contributed by atoms with E-state index in [1.165, 1.54) is 32.2 Å². The smallest absolute Gasteiger partial charge is 0.418 e. The molecule has 7 heteroatoms. The molecule has 0 aromatic heterocycles. The molecule has 0 aliphatic rings. The van der Waals surface area contributed by atoms with E-state index in [4.69, 9.17) is 9.47 Å². The molecule has 2 rings (SSSR count). The molecule has 0 unspecified atom stereocenters. The first-order valence-electron chi connectivity index (χ1n) is 7.09. The number of amides is 1. The van der Waals surface area contributed by atoms with Crippen LogP contribution < -0.4 is 14.8 Å². The molecule has 2 aromatic carbocycles. The van der Waals surface area contributed by atoms with Gasteiger partial charge >= 0.3 is 6.18 Å². The number of methoxy groups -OCH3 is 1. The first-order chi connectivity index (χ1) is 11.3. The summed E-state index contributed by atoms with van der Waals surface area (Å²) < 4.78 is 49.3. The number of para-hydroxylation sites is 1. The molecule has 0 saturated heterocycles.